The van der Waals surface area contributed by atoms with Crippen molar-refractivity contribution in [2.75, 3.05) is 0 Å². The van der Waals surface area contributed by atoms with Gasteiger partial charge >= 0.3 is 0 Å². The van der Waals surface area contributed by atoms with Crippen LogP contribution in [0.15, 0.2) is 42.2 Å². The van der Waals surface area contributed by atoms with Crippen molar-refractivity contribution in [2.45, 2.75) is 12.0 Å². The lowest BCUT2D eigenvalue weighted by molar-refractivity contribution is 0.0701. The predicted molar refractivity (Wildman–Crippen MR) is 58.1 cm³/mol. The third kappa shape index (κ3) is 1.63. The van der Waals surface area contributed by atoms with E-state index in [0.29, 0.717) is 0 Å². The fraction of sp³-hybridized carbons (Fsp3) is 0.167. The minimum Gasteiger partial charge on any atom is -0.512 e. The van der Waals surface area contributed by atoms with Gasteiger partial charge in [-0.1, -0.05) is 12.1 Å². The Bertz CT molecular complexity index is 456. The van der Waals surface area contributed by atoms with E-state index in [1.807, 2.05) is 0 Å². The van der Waals surface area contributed by atoms with Crippen LogP contribution in [0, 0.1) is 0 Å². The van der Waals surface area contributed by atoms with Gasteiger partial charge in [-0.3, -0.25) is 0 Å². The van der Waals surface area contributed by atoms with Crippen molar-refractivity contribution in [3.63, 3.8) is 0 Å². The summed E-state index contributed by atoms with van der Waals surface area (Å²) in [7, 11) is 0. The summed E-state index contributed by atoms with van der Waals surface area (Å²) < 4.78 is 0. The molecule has 0 heterocycles. The van der Waals surface area contributed by atoms with E-state index in [-0.39, 0.29) is 29.2 Å². The van der Waals surface area contributed by atoms with Gasteiger partial charge < -0.3 is 20.4 Å². The molecule has 1 aromatic carbocycles. The van der Waals surface area contributed by atoms with E-state index in [0.717, 1.165) is 0 Å². The van der Waals surface area contributed by atoms with Crippen LogP contribution in [0.3, 0.4) is 0 Å². The molecule has 2 rings (SSSR count). The van der Waals surface area contributed by atoms with Gasteiger partial charge in [0.2, 0.25) is 0 Å². The van der Waals surface area contributed by atoms with Gasteiger partial charge in [-0.15, -0.1) is 0 Å². The van der Waals surface area contributed by atoms with Crippen LogP contribution in [0.1, 0.15) is 12.0 Å². The maximum Gasteiger partial charge on any atom is 0.125 e. The lowest BCUT2D eigenvalue weighted by Gasteiger charge is -2.28. The first-order valence-electron chi connectivity index (χ1n) is 4.84. The van der Waals surface area contributed by atoms with Gasteiger partial charge in [0.1, 0.15) is 17.1 Å². The Hall–Kier alpha value is -1.94. The number of hydrogen-bond donors (Lipinski definition) is 4. The fourth-order valence-electron chi connectivity index (χ4n) is 1.86. The zero-order valence-electron chi connectivity index (χ0n) is 8.46. The number of hydrogen-bond acceptors (Lipinski definition) is 4. The summed E-state index contributed by atoms with van der Waals surface area (Å²) in [4.78, 5) is 0. The van der Waals surface area contributed by atoms with E-state index in [1.165, 1.54) is 36.4 Å². The normalized spacial score (nSPS) is 24.2. The molecule has 0 radical (unpaired) electrons. The highest BCUT2D eigenvalue weighted by Gasteiger charge is 2.34. The summed E-state index contributed by atoms with van der Waals surface area (Å²) in [5, 5.41) is 38.9. The van der Waals surface area contributed by atoms with Crippen LogP contribution in [0.2, 0.25) is 0 Å². The molecule has 16 heavy (non-hydrogen) atoms. The predicted octanol–water partition coefficient (Wildman–Crippen LogP) is 1.69. The summed E-state index contributed by atoms with van der Waals surface area (Å²) in [6.07, 6.45) is 4.27. The zero-order chi connectivity index (χ0) is 11.8. The van der Waals surface area contributed by atoms with Crippen LogP contribution in [-0.2, 0) is 5.60 Å². The molecule has 4 N–H and O–H groups in total. The summed E-state index contributed by atoms with van der Waals surface area (Å²) >= 11 is 0. The van der Waals surface area contributed by atoms with Crippen LogP contribution in [0.25, 0.3) is 0 Å². The van der Waals surface area contributed by atoms with Crippen molar-refractivity contribution in [1.29, 1.82) is 0 Å². The number of rotatable bonds is 1. The Morgan fingerprint density at radius 2 is 1.69 bits per heavy atom. The highest BCUT2D eigenvalue weighted by Crippen LogP contribution is 2.41. The van der Waals surface area contributed by atoms with Crippen LogP contribution in [-0.4, -0.2) is 20.4 Å². The second-order valence-corrected chi connectivity index (χ2v) is 3.79. The maximum atomic E-state index is 10.3. The first-order chi connectivity index (χ1) is 7.53. The van der Waals surface area contributed by atoms with Crippen molar-refractivity contribution in [3.8, 4) is 11.5 Å². The lowest BCUT2D eigenvalue weighted by Crippen LogP contribution is -2.25. The number of phenols is 2. The van der Waals surface area contributed by atoms with Crippen molar-refractivity contribution >= 4 is 0 Å². The fourth-order valence-corrected chi connectivity index (χ4v) is 1.86. The summed E-state index contributed by atoms with van der Waals surface area (Å²) in [5.74, 6) is -0.420. The molecule has 0 aromatic heterocycles. The lowest BCUT2D eigenvalue weighted by atomic mass is 9.85. The van der Waals surface area contributed by atoms with Gasteiger partial charge in [-0.05, 0) is 24.3 Å². The van der Waals surface area contributed by atoms with Crippen LogP contribution in [0.4, 0.5) is 0 Å². The van der Waals surface area contributed by atoms with Crippen LogP contribution >= 0.6 is 0 Å². The largest absolute Gasteiger partial charge is 0.512 e. The molecule has 0 fully saturated rings. The van der Waals surface area contributed by atoms with Crippen molar-refractivity contribution in [2.24, 2.45) is 0 Å². The smallest absolute Gasteiger partial charge is 0.125 e. The summed E-state index contributed by atoms with van der Waals surface area (Å²) in [6, 6.07) is 4.21. The van der Waals surface area contributed by atoms with Crippen LogP contribution < -0.4 is 0 Å². The molecule has 1 aromatic rings. The zero-order valence-corrected chi connectivity index (χ0v) is 8.46. The van der Waals surface area contributed by atoms with E-state index in [4.69, 9.17) is 0 Å². The quantitative estimate of drug-likeness (QED) is 0.580. The Morgan fingerprint density at radius 1 is 1.06 bits per heavy atom. The van der Waals surface area contributed by atoms with E-state index in [1.54, 1.807) is 0 Å². The van der Waals surface area contributed by atoms with Gasteiger partial charge in [0, 0.05) is 6.42 Å². The molecule has 1 unspecified atom stereocenters. The molecule has 4 nitrogen and oxygen atoms in total. The van der Waals surface area contributed by atoms with Gasteiger partial charge in [-0.25, -0.2) is 0 Å². The average molecular weight is 220 g/mol. The molecule has 4 heteroatoms. The Labute approximate surface area is 92.4 Å². The molecule has 0 bridgehead atoms. The third-order valence-electron chi connectivity index (χ3n) is 2.56. The molecule has 0 spiro atoms. The number of aromatic hydroxyl groups is 2. The minimum absolute atomic E-state index is 0.00546. The molecule has 84 valence electrons. The Balaban J connectivity index is 2.53. The van der Waals surface area contributed by atoms with Gasteiger partial charge in [0.05, 0.1) is 11.3 Å². The number of benzene rings is 1. The van der Waals surface area contributed by atoms with E-state index < -0.39 is 5.60 Å². The second-order valence-electron chi connectivity index (χ2n) is 3.79. The second kappa shape index (κ2) is 3.57. The topological polar surface area (TPSA) is 80.9 Å². The molecule has 1 aliphatic carbocycles. The van der Waals surface area contributed by atoms with E-state index in [2.05, 4.69) is 0 Å². The molecule has 0 amide bonds. The van der Waals surface area contributed by atoms with Crippen molar-refractivity contribution < 1.29 is 20.4 Å². The molecule has 0 saturated carbocycles. The number of phenolic OH excluding ortho intramolecular Hbond substituents is 2. The third-order valence-corrected chi connectivity index (χ3v) is 2.56. The molecule has 1 aliphatic rings. The number of aliphatic hydroxyl groups excluding tert-OH is 1. The molecule has 0 saturated heterocycles. The highest BCUT2D eigenvalue weighted by molar-refractivity contribution is 5.50. The van der Waals surface area contributed by atoms with Crippen molar-refractivity contribution in [1.82, 2.24) is 0 Å². The monoisotopic (exact) mass is 220 g/mol. The van der Waals surface area contributed by atoms with E-state index in [9.17, 15) is 20.4 Å². The summed E-state index contributed by atoms with van der Waals surface area (Å²) in [6.45, 7) is 0. The molecule has 1 atom stereocenters. The van der Waals surface area contributed by atoms with Crippen molar-refractivity contribution in [3.05, 3.63) is 47.7 Å². The first-order valence-corrected chi connectivity index (χ1v) is 4.84. The Kier molecular flexibility index (Phi) is 2.36. The average Bonchev–Trinajstić information content (AvgIpc) is 2.16. The van der Waals surface area contributed by atoms with Gasteiger partial charge in [0.25, 0.3) is 0 Å². The first kappa shape index (κ1) is 10.6. The van der Waals surface area contributed by atoms with Crippen LogP contribution in [0.5, 0.6) is 11.5 Å². The maximum absolute atomic E-state index is 10.3. The van der Waals surface area contributed by atoms with E-state index >= 15 is 0 Å². The highest BCUT2D eigenvalue weighted by atomic mass is 16.3. The van der Waals surface area contributed by atoms with Gasteiger partial charge in [0.15, 0.2) is 0 Å². The Morgan fingerprint density at radius 3 is 2.25 bits per heavy atom. The standard InChI is InChI=1S/C12H12O4/c13-8-3-2-6-12(16,7-8)11-9(14)4-1-5-10(11)15/h1-6,13-16H,7H2. The number of aliphatic hydroxyl groups is 2. The number of allylic oxidation sites excluding steroid dienone is 2. The SMILES string of the molecule is OC1=CC=CC(O)(c2c(O)cccc2O)C1. The molecular weight excluding hydrogens is 208 g/mol. The summed E-state index contributed by atoms with van der Waals surface area (Å²) in [5.41, 5.74) is -1.57. The molecular formula is C12H12O4. The minimum atomic E-state index is -1.58. The van der Waals surface area contributed by atoms with Gasteiger partial charge in [-0.2, -0.15) is 0 Å². The molecule has 0 aliphatic heterocycles.